The fourth-order valence-electron chi connectivity index (χ4n) is 1.32. The highest BCUT2D eigenvalue weighted by Crippen LogP contribution is 2.27. The van der Waals surface area contributed by atoms with Crippen LogP contribution in [-0.4, -0.2) is 6.61 Å². The van der Waals surface area contributed by atoms with Crippen LogP contribution in [0.4, 0.5) is 4.39 Å². The van der Waals surface area contributed by atoms with Crippen molar-refractivity contribution in [3.63, 3.8) is 0 Å². The maximum atomic E-state index is 13.5. The molecule has 1 aromatic carbocycles. The molecule has 0 fully saturated rings. The number of halogens is 2. The van der Waals surface area contributed by atoms with Crippen molar-refractivity contribution in [3.05, 3.63) is 34.1 Å². The first-order valence-corrected chi connectivity index (χ1v) is 5.04. The number of rotatable bonds is 3. The Morgan fingerprint density at radius 3 is 2.64 bits per heavy atom. The number of nitrogens with two attached hydrogens (primary N) is 1. The molecule has 2 nitrogen and oxygen atoms in total. The molecule has 0 aliphatic heterocycles. The van der Waals surface area contributed by atoms with E-state index in [2.05, 4.69) is 20.8 Å². The molecule has 0 aliphatic rings. The first-order valence-electron chi connectivity index (χ1n) is 4.24. The third-order valence-electron chi connectivity index (χ3n) is 2.10. The Labute approximate surface area is 91.3 Å². The smallest absolute Gasteiger partial charge is 0.128 e. The highest BCUT2D eigenvalue weighted by molar-refractivity contribution is 9.10. The average molecular weight is 262 g/mol. The maximum absolute atomic E-state index is 13.5. The summed E-state index contributed by atoms with van der Waals surface area (Å²) < 4.78 is 14.3. The minimum Gasteiger partial charge on any atom is -0.304 e. The number of hydrogen-bond donors (Lipinski definition) is 1. The Morgan fingerprint density at radius 2 is 2.14 bits per heavy atom. The summed E-state index contributed by atoms with van der Waals surface area (Å²) in [6, 6.07) is 4.97. The Balaban J connectivity index is 3.06. The minimum absolute atomic E-state index is 0.249. The topological polar surface area (TPSA) is 35.2 Å². The van der Waals surface area contributed by atoms with Gasteiger partial charge < -0.3 is 4.84 Å². The van der Waals surface area contributed by atoms with Gasteiger partial charge in [-0.2, -0.15) is 0 Å². The van der Waals surface area contributed by atoms with Gasteiger partial charge in [-0.25, -0.2) is 10.3 Å². The van der Waals surface area contributed by atoms with E-state index in [-0.39, 0.29) is 12.4 Å². The second-order valence-corrected chi connectivity index (χ2v) is 4.73. The zero-order valence-corrected chi connectivity index (χ0v) is 9.77. The third kappa shape index (κ3) is 2.53. The van der Waals surface area contributed by atoms with Crippen molar-refractivity contribution in [2.24, 2.45) is 5.90 Å². The first-order chi connectivity index (χ1) is 6.47. The van der Waals surface area contributed by atoms with Crippen LogP contribution in [0.5, 0.6) is 0 Å². The van der Waals surface area contributed by atoms with E-state index >= 15 is 0 Å². The second-order valence-electron chi connectivity index (χ2n) is 3.82. The van der Waals surface area contributed by atoms with E-state index in [0.29, 0.717) is 5.56 Å². The molecule has 0 bridgehead atoms. The van der Waals surface area contributed by atoms with Gasteiger partial charge in [-0.05, 0) is 17.7 Å². The van der Waals surface area contributed by atoms with E-state index in [0.717, 1.165) is 4.47 Å². The predicted molar refractivity (Wildman–Crippen MR) is 57.3 cm³/mol. The quantitative estimate of drug-likeness (QED) is 0.850. The maximum Gasteiger partial charge on any atom is 0.128 e. The van der Waals surface area contributed by atoms with Crippen LogP contribution in [0.3, 0.4) is 0 Å². The second kappa shape index (κ2) is 4.38. The van der Waals surface area contributed by atoms with Gasteiger partial charge >= 0.3 is 0 Å². The summed E-state index contributed by atoms with van der Waals surface area (Å²) in [5.41, 5.74) is 0.186. The van der Waals surface area contributed by atoms with Crippen LogP contribution in [-0.2, 0) is 10.3 Å². The molecule has 0 atom stereocenters. The van der Waals surface area contributed by atoms with Crippen LogP contribution >= 0.6 is 15.9 Å². The Bertz CT molecular complexity index is 328. The van der Waals surface area contributed by atoms with Gasteiger partial charge in [-0.15, -0.1) is 0 Å². The lowest BCUT2D eigenvalue weighted by molar-refractivity contribution is 0.0951. The molecule has 0 heterocycles. The number of hydrogen-bond acceptors (Lipinski definition) is 2. The van der Waals surface area contributed by atoms with Gasteiger partial charge in [0.05, 0.1) is 6.61 Å². The van der Waals surface area contributed by atoms with Gasteiger partial charge in [0, 0.05) is 9.89 Å². The fraction of sp³-hybridized carbons (Fsp3) is 0.400. The molecular weight excluding hydrogens is 249 g/mol. The molecule has 4 heteroatoms. The molecule has 0 spiro atoms. The van der Waals surface area contributed by atoms with E-state index in [1.807, 2.05) is 13.8 Å². The van der Waals surface area contributed by atoms with Crippen molar-refractivity contribution < 1.29 is 9.23 Å². The van der Waals surface area contributed by atoms with Crippen LogP contribution in [0.1, 0.15) is 19.4 Å². The molecule has 0 aromatic heterocycles. The molecule has 0 radical (unpaired) electrons. The molecule has 14 heavy (non-hydrogen) atoms. The summed E-state index contributed by atoms with van der Waals surface area (Å²) >= 11 is 3.21. The van der Waals surface area contributed by atoms with Crippen LogP contribution in [0.15, 0.2) is 22.7 Å². The minimum atomic E-state index is -0.417. The first kappa shape index (κ1) is 11.6. The molecule has 0 saturated carbocycles. The van der Waals surface area contributed by atoms with Crippen LogP contribution in [0.25, 0.3) is 0 Å². The van der Waals surface area contributed by atoms with Crippen molar-refractivity contribution in [1.29, 1.82) is 0 Å². The van der Waals surface area contributed by atoms with Crippen molar-refractivity contribution in [3.8, 4) is 0 Å². The van der Waals surface area contributed by atoms with Crippen molar-refractivity contribution in [2.45, 2.75) is 19.3 Å². The fourth-order valence-corrected chi connectivity index (χ4v) is 1.66. The standard InChI is InChI=1S/C10H13BrFNO/c1-10(2,6-14-13)8-4-3-7(11)5-9(8)12/h3-5H,6,13H2,1-2H3. The van der Waals surface area contributed by atoms with E-state index < -0.39 is 5.41 Å². The normalized spacial score (nSPS) is 11.8. The molecular formula is C10H13BrFNO. The van der Waals surface area contributed by atoms with Crippen LogP contribution in [0, 0.1) is 5.82 Å². The van der Waals surface area contributed by atoms with E-state index in [1.165, 1.54) is 6.07 Å². The van der Waals surface area contributed by atoms with Crippen LogP contribution in [0.2, 0.25) is 0 Å². The average Bonchev–Trinajstić information content (AvgIpc) is 2.02. The molecule has 0 unspecified atom stereocenters. The molecule has 0 aliphatic carbocycles. The van der Waals surface area contributed by atoms with E-state index in [4.69, 9.17) is 5.90 Å². The highest BCUT2D eigenvalue weighted by Gasteiger charge is 2.24. The van der Waals surface area contributed by atoms with E-state index in [9.17, 15) is 4.39 Å². The van der Waals surface area contributed by atoms with Gasteiger partial charge in [0.25, 0.3) is 0 Å². The summed E-state index contributed by atoms with van der Waals surface area (Å²) in [4.78, 5) is 4.57. The Hall–Kier alpha value is -0.450. The molecule has 0 saturated heterocycles. The lowest BCUT2D eigenvalue weighted by Crippen LogP contribution is -2.27. The molecule has 1 aromatic rings. The summed E-state index contributed by atoms with van der Waals surface area (Å²) in [6.45, 7) is 4.05. The molecule has 1 rings (SSSR count). The highest BCUT2D eigenvalue weighted by atomic mass is 79.9. The lowest BCUT2D eigenvalue weighted by Gasteiger charge is -2.24. The van der Waals surface area contributed by atoms with Gasteiger partial charge in [-0.3, -0.25) is 0 Å². The van der Waals surface area contributed by atoms with Gasteiger partial charge in [-0.1, -0.05) is 35.8 Å². The molecule has 0 amide bonds. The summed E-state index contributed by atoms with van der Waals surface area (Å²) in [5.74, 6) is 4.75. The zero-order chi connectivity index (χ0) is 10.8. The van der Waals surface area contributed by atoms with Crippen molar-refractivity contribution in [1.82, 2.24) is 0 Å². The molecule has 78 valence electrons. The van der Waals surface area contributed by atoms with E-state index in [1.54, 1.807) is 12.1 Å². The Morgan fingerprint density at radius 1 is 1.50 bits per heavy atom. The van der Waals surface area contributed by atoms with Gasteiger partial charge in [0.1, 0.15) is 5.82 Å². The third-order valence-corrected chi connectivity index (χ3v) is 2.60. The summed E-state index contributed by atoms with van der Waals surface area (Å²) in [6.07, 6.45) is 0. The van der Waals surface area contributed by atoms with Gasteiger partial charge in [0.2, 0.25) is 0 Å². The SMILES string of the molecule is CC(C)(CON)c1ccc(Br)cc1F. The summed E-state index contributed by atoms with van der Waals surface area (Å²) in [7, 11) is 0. The number of benzene rings is 1. The zero-order valence-electron chi connectivity index (χ0n) is 8.18. The van der Waals surface area contributed by atoms with Gasteiger partial charge in [0.15, 0.2) is 0 Å². The summed E-state index contributed by atoms with van der Waals surface area (Å²) in [5, 5.41) is 0. The largest absolute Gasteiger partial charge is 0.304 e. The van der Waals surface area contributed by atoms with Crippen molar-refractivity contribution in [2.75, 3.05) is 6.61 Å². The predicted octanol–water partition coefficient (Wildman–Crippen LogP) is 2.76. The monoisotopic (exact) mass is 261 g/mol. The molecule has 2 N–H and O–H groups in total. The lowest BCUT2D eigenvalue weighted by atomic mass is 9.85. The van der Waals surface area contributed by atoms with Crippen molar-refractivity contribution >= 4 is 15.9 Å². The van der Waals surface area contributed by atoms with Crippen LogP contribution < -0.4 is 5.90 Å². The Kier molecular flexibility index (Phi) is 3.64.